The lowest BCUT2D eigenvalue weighted by atomic mass is 9.93. The molecule has 1 N–H and O–H groups in total. The first-order valence-electron chi connectivity index (χ1n) is 10.6. The molecule has 0 bridgehead atoms. The Morgan fingerprint density at radius 1 is 1.04 bits per heavy atom. The van der Waals surface area contributed by atoms with Crippen molar-refractivity contribution in [2.75, 3.05) is 33.3 Å². The Labute approximate surface area is 167 Å². The molecule has 28 heavy (non-hydrogen) atoms. The van der Waals surface area contributed by atoms with Gasteiger partial charge in [-0.05, 0) is 57.2 Å². The molecule has 6 heteroatoms. The maximum Gasteiger partial charge on any atom is 0.257 e. The second kappa shape index (κ2) is 8.52. The fourth-order valence-electron chi connectivity index (χ4n) is 4.52. The Morgan fingerprint density at radius 3 is 2.50 bits per heavy atom. The van der Waals surface area contributed by atoms with E-state index in [1.54, 1.807) is 7.11 Å². The molecule has 152 valence electrons. The molecular formula is C22H31N3O3. The van der Waals surface area contributed by atoms with Crippen molar-refractivity contribution in [3.8, 4) is 5.75 Å². The molecule has 6 nitrogen and oxygen atoms in total. The maximum atomic E-state index is 12.9. The highest BCUT2D eigenvalue weighted by Gasteiger charge is 2.34. The number of amides is 2. The van der Waals surface area contributed by atoms with E-state index in [-0.39, 0.29) is 17.7 Å². The lowest BCUT2D eigenvalue weighted by Gasteiger charge is -2.42. The molecule has 4 rings (SSSR count). The topological polar surface area (TPSA) is 61.9 Å². The number of hydrogen-bond donors (Lipinski definition) is 1. The van der Waals surface area contributed by atoms with E-state index in [4.69, 9.17) is 4.74 Å². The molecule has 0 unspecified atom stereocenters. The van der Waals surface area contributed by atoms with E-state index in [1.165, 1.54) is 0 Å². The van der Waals surface area contributed by atoms with Crippen LogP contribution in [0.4, 0.5) is 0 Å². The molecule has 0 spiro atoms. The van der Waals surface area contributed by atoms with E-state index in [0.29, 0.717) is 23.4 Å². The van der Waals surface area contributed by atoms with Crippen molar-refractivity contribution in [1.82, 2.24) is 15.1 Å². The summed E-state index contributed by atoms with van der Waals surface area (Å²) in [5.74, 6) is 1.06. The number of nitrogens with zero attached hydrogens (tertiary/aromatic N) is 2. The molecule has 1 aliphatic carbocycles. The van der Waals surface area contributed by atoms with Gasteiger partial charge in [-0.2, -0.15) is 0 Å². The summed E-state index contributed by atoms with van der Waals surface area (Å²) in [6.45, 7) is 3.45. The van der Waals surface area contributed by atoms with E-state index in [1.807, 2.05) is 29.2 Å². The fourth-order valence-corrected chi connectivity index (χ4v) is 4.52. The van der Waals surface area contributed by atoms with Crippen molar-refractivity contribution in [3.63, 3.8) is 0 Å². The van der Waals surface area contributed by atoms with Gasteiger partial charge in [0.25, 0.3) is 5.91 Å². The highest BCUT2D eigenvalue weighted by Crippen LogP contribution is 2.27. The van der Waals surface area contributed by atoms with E-state index in [9.17, 15) is 9.59 Å². The maximum absolute atomic E-state index is 12.9. The normalized spacial score (nSPS) is 24.0. The quantitative estimate of drug-likeness (QED) is 0.845. The van der Waals surface area contributed by atoms with Crippen molar-refractivity contribution in [3.05, 3.63) is 29.8 Å². The van der Waals surface area contributed by atoms with Gasteiger partial charge in [0.2, 0.25) is 5.91 Å². The van der Waals surface area contributed by atoms with Gasteiger partial charge in [0.15, 0.2) is 0 Å². The van der Waals surface area contributed by atoms with Crippen molar-refractivity contribution < 1.29 is 14.3 Å². The zero-order chi connectivity index (χ0) is 19.5. The third kappa shape index (κ3) is 4.32. The molecule has 2 saturated heterocycles. The Morgan fingerprint density at radius 2 is 1.79 bits per heavy atom. The van der Waals surface area contributed by atoms with E-state index in [0.717, 1.165) is 64.7 Å². The van der Waals surface area contributed by atoms with Gasteiger partial charge in [-0.1, -0.05) is 12.1 Å². The summed E-state index contributed by atoms with van der Waals surface area (Å²) in [5, 5.41) is 3.17. The van der Waals surface area contributed by atoms with Gasteiger partial charge in [-0.25, -0.2) is 0 Å². The summed E-state index contributed by atoms with van der Waals surface area (Å²) in [6, 6.07) is 8.34. The second-order valence-electron chi connectivity index (χ2n) is 8.34. The summed E-state index contributed by atoms with van der Waals surface area (Å²) >= 11 is 0. The molecular weight excluding hydrogens is 354 g/mol. The highest BCUT2D eigenvalue weighted by atomic mass is 16.5. The number of rotatable bonds is 5. The minimum atomic E-state index is 0.0521. The third-order valence-corrected chi connectivity index (χ3v) is 6.35. The zero-order valence-corrected chi connectivity index (χ0v) is 16.7. The Kier molecular flexibility index (Phi) is 5.85. The summed E-state index contributed by atoms with van der Waals surface area (Å²) in [5.41, 5.74) is 0.637. The number of benzene rings is 1. The van der Waals surface area contributed by atoms with Crippen LogP contribution in [0.1, 0.15) is 48.9 Å². The zero-order valence-electron chi connectivity index (χ0n) is 16.7. The number of likely N-dealkylation sites (tertiary alicyclic amines) is 2. The third-order valence-electron chi connectivity index (χ3n) is 6.35. The van der Waals surface area contributed by atoms with Gasteiger partial charge >= 0.3 is 0 Å². The first-order chi connectivity index (χ1) is 13.7. The second-order valence-corrected chi connectivity index (χ2v) is 8.34. The van der Waals surface area contributed by atoms with E-state index in [2.05, 4.69) is 10.2 Å². The summed E-state index contributed by atoms with van der Waals surface area (Å²) < 4.78 is 5.35. The molecule has 1 saturated carbocycles. The minimum Gasteiger partial charge on any atom is -0.496 e. The van der Waals surface area contributed by atoms with Gasteiger partial charge in [-0.3, -0.25) is 14.5 Å². The van der Waals surface area contributed by atoms with Crippen LogP contribution in [-0.4, -0.2) is 67.0 Å². The van der Waals surface area contributed by atoms with Gasteiger partial charge in [0, 0.05) is 31.7 Å². The molecule has 1 atom stereocenters. The first kappa shape index (κ1) is 19.2. The molecule has 0 aromatic heterocycles. The van der Waals surface area contributed by atoms with Gasteiger partial charge in [0.1, 0.15) is 5.75 Å². The lowest BCUT2D eigenvalue weighted by molar-refractivity contribution is -0.127. The summed E-state index contributed by atoms with van der Waals surface area (Å²) in [4.78, 5) is 29.8. The number of ether oxygens (including phenoxy) is 1. The average molecular weight is 386 g/mol. The van der Waals surface area contributed by atoms with Crippen LogP contribution in [0.25, 0.3) is 0 Å². The Bertz CT molecular complexity index is 711. The monoisotopic (exact) mass is 385 g/mol. The summed E-state index contributed by atoms with van der Waals surface area (Å²) in [6.07, 6.45) is 6.31. The Balaban J connectivity index is 1.31. The first-order valence-corrected chi connectivity index (χ1v) is 10.6. The molecule has 2 aliphatic heterocycles. The van der Waals surface area contributed by atoms with Crippen LogP contribution >= 0.6 is 0 Å². The van der Waals surface area contributed by atoms with Crippen LogP contribution in [0.3, 0.4) is 0 Å². The summed E-state index contributed by atoms with van der Waals surface area (Å²) in [7, 11) is 1.60. The Hall–Kier alpha value is -2.08. The van der Waals surface area contributed by atoms with E-state index >= 15 is 0 Å². The number of hydrogen-bond acceptors (Lipinski definition) is 4. The van der Waals surface area contributed by atoms with Crippen molar-refractivity contribution >= 4 is 11.8 Å². The smallest absolute Gasteiger partial charge is 0.257 e. The number of carbonyl (C=O) groups is 2. The number of para-hydroxylation sites is 1. The highest BCUT2D eigenvalue weighted by molar-refractivity contribution is 5.97. The molecule has 3 fully saturated rings. The van der Waals surface area contributed by atoms with Gasteiger partial charge in [-0.15, -0.1) is 0 Å². The van der Waals surface area contributed by atoms with Gasteiger partial charge < -0.3 is 15.0 Å². The van der Waals surface area contributed by atoms with Crippen LogP contribution in [0.15, 0.2) is 24.3 Å². The van der Waals surface area contributed by atoms with Crippen molar-refractivity contribution in [2.24, 2.45) is 5.92 Å². The molecule has 1 aromatic carbocycles. The van der Waals surface area contributed by atoms with Crippen LogP contribution in [-0.2, 0) is 4.79 Å². The molecule has 2 amide bonds. The minimum absolute atomic E-state index is 0.0521. The van der Waals surface area contributed by atoms with Crippen LogP contribution in [0, 0.1) is 5.92 Å². The van der Waals surface area contributed by atoms with Crippen molar-refractivity contribution in [1.29, 1.82) is 0 Å². The van der Waals surface area contributed by atoms with Gasteiger partial charge in [0.05, 0.1) is 18.6 Å². The molecule has 2 heterocycles. The molecule has 1 aromatic rings. The molecule has 3 aliphatic rings. The predicted octanol–water partition coefficient (Wildman–Crippen LogP) is 2.29. The van der Waals surface area contributed by atoms with Crippen LogP contribution < -0.4 is 10.1 Å². The number of piperidine rings is 2. The number of carbonyl (C=O) groups excluding carboxylic acids is 2. The van der Waals surface area contributed by atoms with E-state index < -0.39 is 0 Å². The number of methoxy groups -OCH3 is 1. The lowest BCUT2D eigenvalue weighted by Crippen LogP contribution is -2.51. The SMILES string of the molecule is COc1ccccc1C(=O)N1CCC(N2CCC[C@@H](C(=O)NC3CC3)C2)CC1. The molecule has 0 radical (unpaired) electrons. The van der Waals surface area contributed by atoms with Crippen LogP contribution in [0.2, 0.25) is 0 Å². The predicted molar refractivity (Wildman–Crippen MR) is 107 cm³/mol. The van der Waals surface area contributed by atoms with Crippen molar-refractivity contribution in [2.45, 2.75) is 50.6 Å². The standard InChI is InChI=1S/C22H31N3O3/c1-28-20-7-3-2-6-19(20)22(27)24-13-10-18(11-14-24)25-12-4-5-16(15-25)21(26)23-17-8-9-17/h2-3,6-7,16-18H,4-5,8-15H2,1H3,(H,23,26)/t16-/m1/s1. The largest absolute Gasteiger partial charge is 0.496 e. The van der Waals surface area contributed by atoms with Crippen LogP contribution in [0.5, 0.6) is 5.75 Å². The fraction of sp³-hybridized carbons (Fsp3) is 0.636. The number of nitrogens with one attached hydrogen (secondary N) is 1. The average Bonchev–Trinajstić information content (AvgIpc) is 3.57.